The normalized spacial score (nSPS) is 11.0. The monoisotopic (exact) mass is 295 g/mol. The maximum atomic E-state index is 11.7. The summed E-state index contributed by atoms with van der Waals surface area (Å²) in [5, 5.41) is 5.48. The Kier molecular flexibility index (Phi) is 3.58. The molecule has 0 unspecified atom stereocenters. The fraction of sp³-hybridized carbons (Fsp3) is 0.250. The van der Waals surface area contributed by atoms with Crippen molar-refractivity contribution in [3.8, 4) is 5.82 Å². The molecule has 0 aliphatic rings. The van der Waals surface area contributed by atoms with Gasteiger partial charge in [-0.1, -0.05) is 31.5 Å². The number of benzene rings is 1. The number of amides is 1. The number of carbonyl (C=O) groups is 1. The fourth-order valence-electron chi connectivity index (χ4n) is 2.46. The molecule has 112 valence electrons. The highest BCUT2D eigenvalue weighted by Gasteiger charge is 2.16. The SMILES string of the molecule is CCCc1nc(C)c(-n2cc3ccccc3n2)nc1C(N)=O. The molecule has 0 saturated carbocycles. The van der Waals surface area contributed by atoms with E-state index in [2.05, 4.69) is 15.1 Å². The predicted molar refractivity (Wildman–Crippen MR) is 83.9 cm³/mol. The number of fused-ring (bicyclic) bond motifs is 1. The van der Waals surface area contributed by atoms with Crippen LogP contribution in [-0.2, 0) is 6.42 Å². The van der Waals surface area contributed by atoms with E-state index in [4.69, 9.17) is 5.73 Å². The molecule has 0 spiro atoms. The van der Waals surface area contributed by atoms with Crippen LogP contribution in [0.25, 0.3) is 16.7 Å². The summed E-state index contributed by atoms with van der Waals surface area (Å²) >= 11 is 0. The molecule has 0 saturated heterocycles. The van der Waals surface area contributed by atoms with Crippen LogP contribution in [-0.4, -0.2) is 25.7 Å². The quantitative estimate of drug-likeness (QED) is 0.799. The first kappa shape index (κ1) is 14.2. The number of rotatable bonds is 4. The lowest BCUT2D eigenvalue weighted by Gasteiger charge is -2.10. The highest BCUT2D eigenvalue weighted by Crippen LogP contribution is 2.18. The molecule has 1 aromatic carbocycles. The highest BCUT2D eigenvalue weighted by molar-refractivity contribution is 5.92. The van der Waals surface area contributed by atoms with Crippen molar-refractivity contribution in [1.29, 1.82) is 0 Å². The molecule has 0 aliphatic heterocycles. The maximum Gasteiger partial charge on any atom is 0.269 e. The largest absolute Gasteiger partial charge is 0.364 e. The Bertz CT molecular complexity index is 820. The summed E-state index contributed by atoms with van der Waals surface area (Å²) < 4.78 is 1.65. The maximum absolute atomic E-state index is 11.7. The number of nitrogens with zero attached hydrogens (tertiary/aromatic N) is 4. The van der Waals surface area contributed by atoms with E-state index in [1.54, 1.807) is 4.68 Å². The van der Waals surface area contributed by atoms with Crippen molar-refractivity contribution in [3.05, 3.63) is 47.5 Å². The topological polar surface area (TPSA) is 86.7 Å². The highest BCUT2D eigenvalue weighted by atomic mass is 16.1. The average Bonchev–Trinajstić information content (AvgIpc) is 2.91. The third kappa shape index (κ3) is 2.43. The Labute approximate surface area is 128 Å². The number of hydrogen-bond donors (Lipinski definition) is 1. The van der Waals surface area contributed by atoms with Crippen LogP contribution in [0, 0.1) is 6.92 Å². The zero-order valence-electron chi connectivity index (χ0n) is 12.6. The van der Waals surface area contributed by atoms with Crippen LogP contribution in [0.1, 0.15) is 35.2 Å². The molecule has 2 aromatic heterocycles. The van der Waals surface area contributed by atoms with Gasteiger partial charge in [0.05, 0.1) is 16.9 Å². The molecule has 3 aromatic rings. The van der Waals surface area contributed by atoms with Crippen LogP contribution in [0.5, 0.6) is 0 Å². The molecule has 22 heavy (non-hydrogen) atoms. The van der Waals surface area contributed by atoms with E-state index < -0.39 is 5.91 Å². The van der Waals surface area contributed by atoms with E-state index in [1.807, 2.05) is 44.3 Å². The molecular weight excluding hydrogens is 278 g/mol. The Balaban J connectivity index is 2.17. The minimum absolute atomic E-state index is 0.224. The van der Waals surface area contributed by atoms with E-state index in [0.717, 1.165) is 23.0 Å². The lowest BCUT2D eigenvalue weighted by Crippen LogP contribution is -2.20. The van der Waals surface area contributed by atoms with Gasteiger partial charge < -0.3 is 5.73 Å². The molecule has 0 radical (unpaired) electrons. The minimum Gasteiger partial charge on any atom is -0.364 e. The Morgan fingerprint density at radius 2 is 2.05 bits per heavy atom. The summed E-state index contributed by atoms with van der Waals surface area (Å²) in [5.41, 5.74) is 7.90. The van der Waals surface area contributed by atoms with Crippen molar-refractivity contribution in [3.63, 3.8) is 0 Å². The minimum atomic E-state index is -0.561. The molecule has 6 heteroatoms. The fourth-order valence-corrected chi connectivity index (χ4v) is 2.46. The summed E-state index contributed by atoms with van der Waals surface area (Å²) in [6.07, 6.45) is 3.42. The molecular formula is C16H17N5O. The summed E-state index contributed by atoms with van der Waals surface area (Å²) in [6, 6.07) is 7.78. The number of aromatic nitrogens is 4. The third-order valence-electron chi connectivity index (χ3n) is 3.47. The van der Waals surface area contributed by atoms with Crippen molar-refractivity contribution in [2.45, 2.75) is 26.7 Å². The molecule has 1 amide bonds. The Morgan fingerprint density at radius 1 is 1.27 bits per heavy atom. The number of hydrogen-bond acceptors (Lipinski definition) is 4. The molecule has 0 atom stereocenters. The average molecular weight is 295 g/mol. The van der Waals surface area contributed by atoms with E-state index in [9.17, 15) is 4.79 Å². The molecule has 0 fully saturated rings. The first-order valence-corrected chi connectivity index (χ1v) is 7.22. The predicted octanol–water partition coefficient (Wildman–Crippen LogP) is 2.18. The molecule has 3 rings (SSSR count). The first-order valence-electron chi connectivity index (χ1n) is 7.22. The van der Waals surface area contributed by atoms with Gasteiger partial charge in [0.2, 0.25) is 0 Å². The lowest BCUT2D eigenvalue weighted by molar-refractivity contribution is 0.0994. The Morgan fingerprint density at radius 3 is 2.73 bits per heavy atom. The number of nitrogens with two attached hydrogens (primary N) is 1. The van der Waals surface area contributed by atoms with Gasteiger partial charge in [-0.2, -0.15) is 5.10 Å². The van der Waals surface area contributed by atoms with E-state index in [1.165, 1.54) is 0 Å². The van der Waals surface area contributed by atoms with Gasteiger partial charge in [-0.15, -0.1) is 0 Å². The van der Waals surface area contributed by atoms with Crippen molar-refractivity contribution in [1.82, 2.24) is 19.7 Å². The van der Waals surface area contributed by atoms with Gasteiger partial charge in [-0.05, 0) is 19.4 Å². The molecule has 2 heterocycles. The summed E-state index contributed by atoms with van der Waals surface area (Å²) in [6.45, 7) is 3.88. The van der Waals surface area contributed by atoms with Gasteiger partial charge in [0.1, 0.15) is 0 Å². The summed E-state index contributed by atoms with van der Waals surface area (Å²) in [5.74, 6) is -0.0289. The smallest absolute Gasteiger partial charge is 0.269 e. The molecule has 0 bridgehead atoms. The van der Waals surface area contributed by atoms with Gasteiger partial charge >= 0.3 is 0 Å². The van der Waals surface area contributed by atoms with Crippen molar-refractivity contribution in [2.75, 3.05) is 0 Å². The zero-order chi connectivity index (χ0) is 15.7. The second-order valence-electron chi connectivity index (χ2n) is 5.17. The van der Waals surface area contributed by atoms with Crippen LogP contribution in [0.3, 0.4) is 0 Å². The van der Waals surface area contributed by atoms with Crippen LogP contribution in [0.2, 0.25) is 0 Å². The second kappa shape index (κ2) is 5.55. The molecule has 6 nitrogen and oxygen atoms in total. The van der Waals surface area contributed by atoms with Crippen molar-refractivity contribution in [2.24, 2.45) is 5.73 Å². The number of aryl methyl sites for hydroxylation is 2. The molecule has 0 aliphatic carbocycles. The van der Waals surface area contributed by atoms with Gasteiger partial charge in [0, 0.05) is 11.6 Å². The first-order chi connectivity index (χ1) is 10.6. The van der Waals surface area contributed by atoms with Crippen LogP contribution in [0.15, 0.2) is 30.5 Å². The van der Waals surface area contributed by atoms with Crippen LogP contribution >= 0.6 is 0 Å². The van der Waals surface area contributed by atoms with Crippen LogP contribution < -0.4 is 5.73 Å². The van der Waals surface area contributed by atoms with Gasteiger partial charge in [0.15, 0.2) is 11.5 Å². The van der Waals surface area contributed by atoms with Crippen molar-refractivity contribution < 1.29 is 4.79 Å². The summed E-state index contributed by atoms with van der Waals surface area (Å²) in [7, 11) is 0. The van der Waals surface area contributed by atoms with Crippen LogP contribution in [0.4, 0.5) is 0 Å². The standard InChI is InChI=1S/C16H17N5O/c1-3-6-13-14(15(17)22)19-16(10(2)18-13)21-9-11-7-4-5-8-12(11)20-21/h4-5,7-9H,3,6H2,1-2H3,(H2,17,22). The lowest BCUT2D eigenvalue weighted by atomic mass is 10.2. The Hall–Kier alpha value is -2.76. The second-order valence-corrected chi connectivity index (χ2v) is 5.17. The van der Waals surface area contributed by atoms with Gasteiger partial charge in [-0.25, -0.2) is 9.67 Å². The van der Waals surface area contributed by atoms with Crippen molar-refractivity contribution >= 4 is 16.8 Å². The summed E-state index contributed by atoms with van der Waals surface area (Å²) in [4.78, 5) is 20.6. The van der Waals surface area contributed by atoms with Gasteiger partial charge in [0.25, 0.3) is 5.91 Å². The van der Waals surface area contributed by atoms with E-state index in [0.29, 0.717) is 17.9 Å². The third-order valence-corrected chi connectivity index (χ3v) is 3.47. The molecule has 2 N–H and O–H groups in total. The number of carbonyl (C=O) groups excluding carboxylic acids is 1. The number of primary amides is 1. The van der Waals surface area contributed by atoms with E-state index in [-0.39, 0.29) is 5.69 Å². The zero-order valence-corrected chi connectivity index (χ0v) is 12.6. The van der Waals surface area contributed by atoms with E-state index >= 15 is 0 Å². The van der Waals surface area contributed by atoms with Gasteiger partial charge in [-0.3, -0.25) is 9.78 Å².